The molecule has 28 heavy (non-hydrogen) atoms. The molecule has 6 nitrogen and oxygen atoms in total. The van der Waals surface area contributed by atoms with Crippen LogP contribution in [0, 0.1) is 6.92 Å². The number of amides is 1. The lowest BCUT2D eigenvalue weighted by Crippen LogP contribution is -2.24. The number of ether oxygens (including phenoxy) is 3. The summed E-state index contributed by atoms with van der Waals surface area (Å²) in [5, 5.41) is 6.05. The van der Waals surface area contributed by atoms with Gasteiger partial charge in [0.05, 0.1) is 49.9 Å². The van der Waals surface area contributed by atoms with E-state index in [0.29, 0.717) is 23.8 Å². The summed E-state index contributed by atoms with van der Waals surface area (Å²) in [6, 6.07) is 7.64. The first kappa shape index (κ1) is 20.2. The zero-order valence-corrected chi connectivity index (χ0v) is 17.8. The van der Waals surface area contributed by atoms with Crippen LogP contribution >= 0.6 is 22.7 Å². The minimum absolute atomic E-state index is 0.0926. The van der Waals surface area contributed by atoms with Crippen molar-refractivity contribution < 1.29 is 19.0 Å². The van der Waals surface area contributed by atoms with Gasteiger partial charge in [0.1, 0.15) is 0 Å². The fourth-order valence-electron chi connectivity index (χ4n) is 2.81. The molecular weight excluding hydrogens is 396 g/mol. The molecule has 0 bridgehead atoms. The molecule has 2 heterocycles. The Hall–Kier alpha value is -2.58. The Morgan fingerprint density at radius 2 is 1.86 bits per heavy atom. The quantitative estimate of drug-likeness (QED) is 0.597. The molecule has 0 saturated carbocycles. The molecule has 3 aromatic rings. The van der Waals surface area contributed by atoms with Crippen molar-refractivity contribution in [2.75, 3.05) is 21.3 Å². The Kier molecular flexibility index (Phi) is 6.53. The third kappa shape index (κ3) is 4.45. The molecular formula is C20H22N2O4S2. The summed E-state index contributed by atoms with van der Waals surface area (Å²) >= 11 is 3.27. The van der Waals surface area contributed by atoms with Crippen LogP contribution in [-0.4, -0.2) is 32.2 Å². The van der Waals surface area contributed by atoms with E-state index in [2.05, 4.69) is 10.3 Å². The minimum atomic E-state index is -0.0926. The van der Waals surface area contributed by atoms with Crippen LogP contribution in [0.2, 0.25) is 0 Å². The van der Waals surface area contributed by atoms with E-state index >= 15 is 0 Å². The number of benzene rings is 1. The number of carbonyl (C=O) groups is 1. The normalized spacial score (nSPS) is 10.6. The van der Waals surface area contributed by atoms with Crippen LogP contribution in [0.1, 0.15) is 15.4 Å². The molecule has 0 radical (unpaired) electrons. The zero-order chi connectivity index (χ0) is 20.1. The predicted octanol–water partition coefficient (Wildman–Crippen LogP) is 4.06. The summed E-state index contributed by atoms with van der Waals surface area (Å²) in [5.74, 6) is 1.46. The number of carbonyl (C=O) groups excluding carboxylic acids is 1. The first-order valence-corrected chi connectivity index (χ1v) is 10.3. The second-order valence-corrected chi connectivity index (χ2v) is 8.20. The van der Waals surface area contributed by atoms with E-state index in [1.54, 1.807) is 50.1 Å². The number of thiophene rings is 1. The highest BCUT2D eigenvalue weighted by atomic mass is 32.1. The standard InChI is InChI=1S/C20H22N2O4S2/c1-12-22-15(11-27-12)17-8-6-14(28-17)10-21-18(23)9-13-5-7-16(24-2)20(26-4)19(13)25-3/h5-8,11H,9-10H2,1-4H3,(H,21,23). The summed E-state index contributed by atoms with van der Waals surface area (Å²) in [7, 11) is 4.65. The molecule has 2 aromatic heterocycles. The second-order valence-electron chi connectivity index (χ2n) is 5.96. The van der Waals surface area contributed by atoms with Crippen molar-refractivity contribution in [3.63, 3.8) is 0 Å². The second kappa shape index (κ2) is 9.07. The van der Waals surface area contributed by atoms with Crippen LogP contribution < -0.4 is 19.5 Å². The van der Waals surface area contributed by atoms with Crippen molar-refractivity contribution in [2.45, 2.75) is 19.9 Å². The highest BCUT2D eigenvalue weighted by Crippen LogP contribution is 2.39. The average Bonchev–Trinajstić information content (AvgIpc) is 3.34. The van der Waals surface area contributed by atoms with Gasteiger partial charge < -0.3 is 19.5 Å². The smallest absolute Gasteiger partial charge is 0.224 e. The third-order valence-corrected chi connectivity index (χ3v) is 6.01. The van der Waals surface area contributed by atoms with E-state index in [1.165, 1.54) is 0 Å². The van der Waals surface area contributed by atoms with Gasteiger partial charge in [-0.1, -0.05) is 6.07 Å². The number of thiazole rings is 1. The average molecular weight is 419 g/mol. The maximum Gasteiger partial charge on any atom is 0.224 e. The number of nitrogens with zero attached hydrogens (tertiary/aromatic N) is 1. The molecule has 148 valence electrons. The largest absolute Gasteiger partial charge is 0.493 e. The van der Waals surface area contributed by atoms with Gasteiger partial charge in [-0.25, -0.2) is 4.98 Å². The highest BCUT2D eigenvalue weighted by molar-refractivity contribution is 7.16. The van der Waals surface area contributed by atoms with Crippen molar-refractivity contribution in [3.05, 3.63) is 45.1 Å². The summed E-state index contributed by atoms with van der Waals surface area (Å²) in [6.45, 7) is 2.47. The van der Waals surface area contributed by atoms with Gasteiger partial charge in [0.2, 0.25) is 11.7 Å². The lowest BCUT2D eigenvalue weighted by molar-refractivity contribution is -0.120. The van der Waals surface area contributed by atoms with Gasteiger partial charge in [0, 0.05) is 15.8 Å². The Balaban J connectivity index is 1.64. The minimum Gasteiger partial charge on any atom is -0.493 e. The van der Waals surface area contributed by atoms with E-state index in [-0.39, 0.29) is 12.3 Å². The van der Waals surface area contributed by atoms with Crippen molar-refractivity contribution in [1.82, 2.24) is 10.3 Å². The summed E-state index contributed by atoms with van der Waals surface area (Å²) in [6.07, 6.45) is 0.188. The van der Waals surface area contributed by atoms with Crippen molar-refractivity contribution >= 4 is 28.6 Å². The molecule has 0 fully saturated rings. The lowest BCUT2D eigenvalue weighted by atomic mass is 10.1. The van der Waals surface area contributed by atoms with Gasteiger partial charge in [-0.05, 0) is 25.1 Å². The monoisotopic (exact) mass is 418 g/mol. The van der Waals surface area contributed by atoms with Gasteiger partial charge in [0.25, 0.3) is 0 Å². The molecule has 0 aliphatic carbocycles. The molecule has 1 aromatic carbocycles. The number of rotatable bonds is 8. The van der Waals surface area contributed by atoms with Crippen molar-refractivity contribution in [3.8, 4) is 27.8 Å². The topological polar surface area (TPSA) is 69.7 Å². The fourth-order valence-corrected chi connectivity index (χ4v) is 4.41. The molecule has 0 saturated heterocycles. The van der Waals surface area contributed by atoms with Crippen LogP contribution in [0.5, 0.6) is 17.2 Å². The first-order chi connectivity index (χ1) is 13.5. The first-order valence-electron chi connectivity index (χ1n) is 8.61. The third-order valence-electron chi connectivity index (χ3n) is 4.13. The van der Waals surface area contributed by atoms with Gasteiger partial charge >= 0.3 is 0 Å². The van der Waals surface area contributed by atoms with Crippen LogP contribution in [0.4, 0.5) is 0 Å². The molecule has 0 atom stereocenters. The number of hydrogen-bond donors (Lipinski definition) is 1. The number of methoxy groups -OCH3 is 3. The zero-order valence-electron chi connectivity index (χ0n) is 16.2. The highest BCUT2D eigenvalue weighted by Gasteiger charge is 2.18. The lowest BCUT2D eigenvalue weighted by Gasteiger charge is -2.15. The molecule has 0 spiro atoms. The Labute approximate surface area is 172 Å². The van der Waals surface area contributed by atoms with Gasteiger partial charge in [-0.15, -0.1) is 22.7 Å². The van der Waals surface area contributed by atoms with E-state index < -0.39 is 0 Å². The number of hydrogen-bond acceptors (Lipinski definition) is 7. The van der Waals surface area contributed by atoms with Crippen molar-refractivity contribution in [1.29, 1.82) is 0 Å². The van der Waals surface area contributed by atoms with Crippen molar-refractivity contribution in [2.24, 2.45) is 0 Å². The number of nitrogens with one attached hydrogen (secondary N) is 1. The van der Waals surface area contributed by atoms with E-state index in [9.17, 15) is 4.79 Å². The number of aromatic nitrogens is 1. The molecule has 8 heteroatoms. The summed E-state index contributed by atoms with van der Waals surface area (Å²) in [4.78, 5) is 19.1. The molecule has 0 aliphatic rings. The molecule has 1 N–H and O–H groups in total. The maximum atomic E-state index is 12.4. The van der Waals surface area contributed by atoms with E-state index in [1.807, 2.05) is 30.5 Å². The Morgan fingerprint density at radius 3 is 2.50 bits per heavy atom. The summed E-state index contributed by atoms with van der Waals surface area (Å²) in [5.41, 5.74) is 1.72. The van der Waals surface area contributed by atoms with Crippen LogP contribution in [0.15, 0.2) is 29.6 Å². The van der Waals surface area contributed by atoms with E-state index in [4.69, 9.17) is 14.2 Å². The van der Waals surface area contributed by atoms with Gasteiger partial charge in [0.15, 0.2) is 11.5 Å². The predicted molar refractivity (Wildman–Crippen MR) is 112 cm³/mol. The maximum absolute atomic E-state index is 12.4. The van der Waals surface area contributed by atoms with Crippen LogP contribution in [0.3, 0.4) is 0 Å². The molecule has 0 unspecified atom stereocenters. The Bertz CT molecular complexity index is 965. The van der Waals surface area contributed by atoms with Gasteiger partial charge in [-0.3, -0.25) is 4.79 Å². The SMILES string of the molecule is COc1ccc(CC(=O)NCc2ccc(-c3csc(C)n3)s2)c(OC)c1OC. The van der Waals surface area contributed by atoms with Crippen LogP contribution in [0.25, 0.3) is 10.6 Å². The fraction of sp³-hybridized carbons (Fsp3) is 0.300. The number of aryl methyl sites for hydroxylation is 1. The summed E-state index contributed by atoms with van der Waals surface area (Å²) < 4.78 is 16.1. The molecule has 0 aliphatic heterocycles. The van der Waals surface area contributed by atoms with E-state index in [0.717, 1.165) is 26.0 Å². The van der Waals surface area contributed by atoms with Gasteiger partial charge in [-0.2, -0.15) is 0 Å². The molecule has 3 rings (SSSR count). The molecule has 1 amide bonds. The Morgan fingerprint density at radius 1 is 1.07 bits per heavy atom. The van der Waals surface area contributed by atoms with Crippen LogP contribution in [-0.2, 0) is 17.8 Å².